The van der Waals surface area contributed by atoms with Crippen LogP contribution in [0, 0.1) is 21.4 Å². The number of hydrogen-bond donors (Lipinski definition) is 0. The molecule has 6 heteroatoms. The monoisotopic (exact) mass is 484 g/mol. The SMILES string of the molecule is N#C/C(=C/c1cc(Br)ccc1OCc1ccc2ccccc2c1)c1cccc([N+](=O)[O-])c1. The van der Waals surface area contributed by atoms with Crippen LogP contribution in [0.2, 0.25) is 0 Å². The standard InChI is InChI=1S/C26H17BrN2O3/c27-24-10-11-26(32-17-18-8-9-19-4-1-2-5-20(19)12-18)22(14-24)13-23(16-28)21-6-3-7-25(15-21)29(30)31/h1-15H,17H2/b23-13-. The Bertz CT molecular complexity index is 1390. The number of fused-ring (bicyclic) bond motifs is 1. The van der Waals surface area contributed by atoms with Gasteiger partial charge in [0.05, 0.1) is 16.6 Å². The maximum Gasteiger partial charge on any atom is 0.270 e. The minimum atomic E-state index is -0.476. The third-order valence-corrected chi connectivity index (χ3v) is 5.46. The lowest BCUT2D eigenvalue weighted by molar-refractivity contribution is -0.384. The lowest BCUT2D eigenvalue weighted by atomic mass is 10.0. The number of nitriles is 1. The van der Waals surface area contributed by atoms with Crippen LogP contribution >= 0.6 is 15.9 Å². The second kappa shape index (κ2) is 9.46. The van der Waals surface area contributed by atoms with Crippen molar-refractivity contribution in [2.75, 3.05) is 0 Å². The number of non-ortho nitro benzene ring substituents is 1. The number of ether oxygens (including phenoxy) is 1. The van der Waals surface area contributed by atoms with Gasteiger partial charge in [0.25, 0.3) is 5.69 Å². The van der Waals surface area contributed by atoms with Gasteiger partial charge in [0, 0.05) is 22.2 Å². The van der Waals surface area contributed by atoms with Crippen LogP contribution in [-0.4, -0.2) is 4.92 Å². The molecule has 0 saturated heterocycles. The van der Waals surface area contributed by atoms with Crippen LogP contribution in [0.4, 0.5) is 5.69 Å². The first-order valence-corrected chi connectivity index (χ1v) is 10.6. The number of allylic oxidation sites excluding steroid dienone is 1. The predicted molar refractivity (Wildman–Crippen MR) is 129 cm³/mol. The first-order chi connectivity index (χ1) is 15.5. The molecule has 4 aromatic rings. The van der Waals surface area contributed by atoms with E-state index in [1.807, 2.05) is 36.4 Å². The number of halogens is 1. The van der Waals surface area contributed by atoms with Gasteiger partial charge in [-0.1, -0.05) is 64.5 Å². The van der Waals surface area contributed by atoms with Crippen molar-refractivity contribution in [3.8, 4) is 11.8 Å². The summed E-state index contributed by atoms with van der Waals surface area (Å²) in [5, 5.41) is 23.1. The number of hydrogen-bond acceptors (Lipinski definition) is 4. The molecule has 156 valence electrons. The molecule has 4 rings (SSSR count). The molecule has 5 nitrogen and oxygen atoms in total. The first kappa shape index (κ1) is 21.3. The third kappa shape index (κ3) is 4.85. The van der Waals surface area contributed by atoms with Gasteiger partial charge >= 0.3 is 0 Å². The zero-order chi connectivity index (χ0) is 22.5. The highest BCUT2D eigenvalue weighted by Crippen LogP contribution is 2.29. The van der Waals surface area contributed by atoms with Crippen molar-refractivity contribution in [2.24, 2.45) is 0 Å². The highest BCUT2D eigenvalue weighted by Gasteiger charge is 2.11. The summed E-state index contributed by atoms with van der Waals surface area (Å²) in [6.07, 6.45) is 1.68. The molecule has 0 heterocycles. The van der Waals surface area contributed by atoms with Crippen LogP contribution < -0.4 is 4.74 Å². The Labute approximate surface area is 193 Å². The molecule has 0 amide bonds. The van der Waals surface area contributed by atoms with Gasteiger partial charge in [-0.15, -0.1) is 0 Å². The van der Waals surface area contributed by atoms with Gasteiger partial charge in [-0.05, 0) is 52.2 Å². The molecule has 0 spiro atoms. The van der Waals surface area contributed by atoms with Crippen molar-refractivity contribution in [1.29, 1.82) is 5.26 Å². The van der Waals surface area contributed by atoms with E-state index in [1.54, 1.807) is 18.2 Å². The summed E-state index contributed by atoms with van der Waals surface area (Å²) in [5.74, 6) is 0.611. The van der Waals surface area contributed by atoms with E-state index in [0.29, 0.717) is 29.1 Å². The number of nitrogens with zero attached hydrogens (tertiary/aromatic N) is 2. The molecule has 0 aliphatic heterocycles. The number of rotatable bonds is 6. The predicted octanol–water partition coefficient (Wildman–Crippen LogP) is 7.15. The topological polar surface area (TPSA) is 76.2 Å². The fraction of sp³-hybridized carbons (Fsp3) is 0.0385. The fourth-order valence-corrected chi connectivity index (χ4v) is 3.75. The number of benzene rings is 4. The van der Waals surface area contributed by atoms with E-state index in [9.17, 15) is 15.4 Å². The summed E-state index contributed by atoms with van der Waals surface area (Å²) in [6, 6.07) is 28.0. The Hall–Kier alpha value is -3.95. The van der Waals surface area contributed by atoms with Gasteiger partial charge in [-0.2, -0.15) is 5.26 Å². The van der Waals surface area contributed by atoms with E-state index >= 15 is 0 Å². The Kier molecular flexibility index (Phi) is 6.29. The van der Waals surface area contributed by atoms with Gasteiger partial charge in [0.1, 0.15) is 12.4 Å². The zero-order valence-electron chi connectivity index (χ0n) is 16.9. The molecule has 0 bridgehead atoms. The second-order valence-electron chi connectivity index (χ2n) is 7.13. The summed E-state index contributed by atoms with van der Waals surface area (Å²) in [5.41, 5.74) is 2.44. The minimum Gasteiger partial charge on any atom is -0.488 e. The largest absolute Gasteiger partial charge is 0.488 e. The molecular weight excluding hydrogens is 468 g/mol. The van der Waals surface area contributed by atoms with Crippen molar-refractivity contribution in [2.45, 2.75) is 6.61 Å². The Morgan fingerprint density at radius 2 is 1.81 bits per heavy atom. The third-order valence-electron chi connectivity index (χ3n) is 4.97. The van der Waals surface area contributed by atoms with E-state index in [1.165, 1.54) is 17.5 Å². The molecule has 4 aromatic carbocycles. The summed E-state index contributed by atoms with van der Waals surface area (Å²) >= 11 is 3.46. The summed E-state index contributed by atoms with van der Waals surface area (Å²) in [4.78, 5) is 10.6. The second-order valence-corrected chi connectivity index (χ2v) is 8.05. The molecule has 0 radical (unpaired) electrons. The average Bonchev–Trinajstić information content (AvgIpc) is 2.82. The number of nitro groups is 1. The van der Waals surface area contributed by atoms with E-state index in [2.05, 4.69) is 46.3 Å². The van der Waals surface area contributed by atoms with E-state index < -0.39 is 4.92 Å². The Balaban J connectivity index is 1.64. The van der Waals surface area contributed by atoms with Crippen molar-refractivity contribution in [3.05, 3.63) is 116 Å². The molecule has 0 unspecified atom stereocenters. The maximum absolute atomic E-state index is 11.1. The molecule has 0 fully saturated rings. The van der Waals surface area contributed by atoms with Gasteiger partial charge in [0.2, 0.25) is 0 Å². The van der Waals surface area contributed by atoms with E-state index in [0.717, 1.165) is 15.4 Å². The van der Waals surface area contributed by atoms with Crippen LogP contribution in [-0.2, 0) is 6.61 Å². The Morgan fingerprint density at radius 3 is 2.59 bits per heavy atom. The van der Waals surface area contributed by atoms with Crippen LogP contribution in [0.25, 0.3) is 22.4 Å². The van der Waals surface area contributed by atoms with E-state index in [4.69, 9.17) is 4.74 Å². The highest BCUT2D eigenvalue weighted by atomic mass is 79.9. The van der Waals surface area contributed by atoms with Crippen molar-refractivity contribution < 1.29 is 9.66 Å². The van der Waals surface area contributed by atoms with Gasteiger partial charge in [-0.3, -0.25) is 10.1 Å². The maximum atomic E-state index is 11.1. The van der Waals surface area contributed by atoms with Gasteiger partial charge in [0.15, 0.2) is 0 Å². The van der Waals surface area contributed by atoms with Crippen LogP contribution in [0.1, 0.15) is 16.7 Å². The first-order valence-electron chi connectivity index (χ1n) is 9.80. The molecule has 0 aromatic heterocycles. The van der Waals surface area contributed by atoms with Crippen LogP contribution in [0.15, 0.2) is 89.4 Å². The Morgan fingerprint density at radius 1 is 1.00 bits per heavy atom. The molecule has 32 heavy (non-hydrogen) atoms. The smallest absolute Gasteiger partial charge is 0.270 e. The van der Waals surface area contributed by atoms with Crippen LogP contribution in [0.5, 0.6) is 5.75 Å². The highest BCUT2D eigenvalue weighted by molar-refractivity contribution is 9.10. The molecule has 0 aliphatic carbocycles. The summed E-state index contributed by atoms with van der Waals surface area (Å²) < 4.78 is 6.92. The molecule has 0 N–H and O–H groups in total. The summed E-state index contributed by atoms with van der Waals surface area (Å²) in [7, 11) is 0. The van der Waals surface area contributed by atoms with Gasteiger partial charge < -0.3 is 4.74 Å². The van der Waals surface area contributed by atoms with E-state index in [-0.39, 0.29) is 5.69 Å². The van der Waals surface area contributed by atoms with Crippen molar-refractivity contribution >= 4 is 44.0 Å². The minimum absolute atomic E-state index is 0.0642. The quantitative estimate of drug-likeness (QED) is 0.126. The summed E-state index contributed by atoms with van der Waals surface area (Å²) in [6.45, 7) is 0.367. The molecule has 0 aliphatic rings. The van der Waals surface area contributed by atoms with Crippen molar-refractivity contribution in [3.63, 3.8) is 0 Å². The fourth-order valence-electron chi connectivity index (χ4n) is 3.38. The normalized spacial score (nSPS) is 11.2. The lowest BCUT2D eigenvalue weighted by Gasteiger charge is -2.11. The van der Waals surface area contributed by atoms with Crippen molar-refractivity contribution in [1.82, 2.24) is 0 Å². The zero-order valence-corrected chi connectivity index (χ0v) is 18.5. The molecule has 0 saturated carbocycles. The van der Waals surface area contributed by atoms with Gasteiger partial charge in [-0.25, -0.2) is 0 Å². The molecule has 0 atom stereocenters. The van der Waals surface area contributed by atoms with Crippen LogP contribution in [0.3, 0.4) is 0 Å². The average molecular weight is 485 g/mol. The lowest BCUT2D eigenvalue weighted by Crippen LogP contribution is -1.97. The number of nitro benzene ring substituents is 1. The molecular formula is C26H17BrN2O3.